The molecule has 0 radical (unpaired) electrons. The zero-order valence-electron chi connectivity index (χ0n) is 15.6. The lowest BCUT2D eigenvalue weighted by Gasteiger charge is -2.31. The van der Waals surface area contributed by atoms with E-state index in [9.17, 15) is 4.79 Å². The van der Waals surface area contributed by atoms with Crippen LogP contribution in [0.1, 0.15) is 31.2 Å². The monoisotopic (exact) mass is 374 g/mol. The summed E-state index contributed by atoms with van der Waals surface area (Å²) in [5.74, 6) is 0.711. The number of rotatable bonds is 5. The van der Waals surface area contributed by atoms with Crippen molar-refractivity contribution in [1.29, 1.82) is 0 Å². The molecular formula is C19H26N4O2S. The minimum Gasteiger partial charge on any atom is -0.466 e. The molecule has 2 heterocycles. The zero-order valence-corrected chi connectivity index (χ0v) is 16.5. The molecule has 1 aliphatic rings. The fourth-order valence-corrected chi connectivity index (χ4v) is 3.85. The Morgan fingerprint density at radius 2 is 2.12 bits per heavy atom. The first-order valence-electron chi connectivity index (χ1n) is 9.12. The van der Waals surface area contributed by atoms with Crippen molar-refractivity contribution in [3.05, 3.63) is 40.4 Å². The van der Waals surface area contributed by atoms with Crippen molar-refractivity contribution in [2.45, 2.75) is 40.3 Å². The van der Waals surface area contributed by atoms with Gasteiger partial charge >= 0.3 is 5.97 Å². The SMILES string of the molecule is CCOC(=O)[C@@H]1CCCN(Cn2nc(C)n(-c3ccccc3C)c2=S)C1. The van der Waals surface area contributed by atoms with Gasteiger partial charge in [-0.3, -0.25) is 14.3 Å². The Bertz CT molecular complexity index is 842. The summed E-state index contributed by atoms with van der Waals surface area (Å²) in [5, 5.41) is 4.65. The van der Waals surface area contributed by atoms with Crippen molar-refractivity contribution in [1.82, 2.24) is 19.2 Å². The van der Waals surface area contributed by atoms with E-state index in [1.807, 2.05) is 35.2 Å². The van der Waals surface area contributed by atoms with Crippen LogP contribution in [-0.4, -0.2) is 44.9 Å². The lowest BCUT2D eigenvalue weighted by atomic mass is 9.99. The maximum absolute atomic E-state index is 12.0. The van der Waals surface area contributed by atoms with Crippen LogP contribution < -0.4 is 0 Å². The molecule has 1 aromatic carbocycles. The highest BCUT2D eigenvalue weighted by atomic mass is 32.1. The van der Waals surface area contributed by atoms with Crippen molar-refractivity contribution in [2.24, 2.45) is 5.92 Å². The number of esters is 1. The van der Waals surface area contributed by atoms with Crippen LogP contribution in [0.15, 0.2) is 24.3 Å². The highest BCUT2D eigenvalue weighted by molar-refractivity contribution is 7.71. The topological polar surface area (TPSA) is 52.3 Å². The third-order valence-corrected chi connectivity index (χ3v) is 5.21. The molecule has 140 valence electrons. The molecule has 0 aliphatic carbocycles. The van der Waals surface area contributed by atoms with Gasteiger partial charge in [0.25, 0.3) is 0 Å². The van der Waals surface area contributed by atoms with E-state index in [-0.39, 0.29) is 11.9 Å². The molecule has 7 heteroatoms. The lowest BCUT2D eigenvalue weighted by molar-refractivity contribution is -0.150. The number of para-hydroxylation sites is 1. The van der Waals surface area contributed by atoms with Crippen LogP contribution in [0.4, 0.5) is 0 Å². The first-order chi connectivity index (χ1) is 12.5. The van der Waals surface area contributed by atoms with Gasteiger partial charge in [-0.05, 0) is 64.0 Å². The van der Waals surface area contributed by atoms with Crippen LogP contribution >= 0.6 is 12.2 Å². The van der Waals surface area contributed by atoms with E-state index in [1.165, 1.54) is 0 Å². The highest BCUT2D eigenvalue weighted by Crippen LogP contribution is 2.20. The Balaban J connectivity index is 1.79. The maximum atomic E-state index is 12.0. The minimum absolute atomic E-state index is 0.0579. The van der Waals surface area contributed by atoms with Crippen LogP contribution in [-0.2, 0) is 16.2 Å². The van der Waals surface area contributed by atoms with Crippen LogP contribution in [0.25, 0.3) is 5.69 Å². The molecule has 1 atom stereocenters. The van der Waals surface area contributed by atoms with Gasteiger partial charge in [0, 0.05) is 6.54 Å². The van der Waals surface area contributed by atoms with E-state index < -0.39 is 0 Å². The van der Waals surface area contributed by atoms with Crippen LogP contribution in [0.3, 0.4) is 0 Å². The average Bonchev–Trinajstić information content (AvgIpc) is 2.90. The third-order valence-electron chi connectivity index (χ3n) is 4.82. The number of carbonyl (C=O) groups is 1. The fraction of sp³-hybridized carbons (Fsp3) is 0.526. The summed E-state index contributed by atoms with van der Waals surface area (Å²) in [5.41, 5.74) is 2.22. The van der Waals surface area contributed by atoms with Gasteiger partial charge in [-0.1, -0.05) is 18.2 Å². The number of aryl methyl sites for hydroxylation is 2. The number of likely N-dealkylation sites (tertiary alicyclic amines) is 1. The molecule has 0 N–H and O–H groups in total. The molecule has 0 spiro atoms. The summed E-state index contributed by atoms with van der Waals surface area (Å²) in [7, 11) is 0. The van der Waals surface area contributed by atoms with Gasteiger partial charge in [-0.2, -0.15) is 5.10 Å². The number of benzene rings is 1. The Hall–Kier alpha value is -1.99. The molecule has 6 nitrogen and oxygen atoms in total. The summed E-state index contributed by atoms with van der Waals surface area (Å²) in [6, 6.07) is 8.16. The van der Waals surface area contributed by atoms with E-state index >= 15 is 0 Å². The zero-order chi connectivity index (χ0) is 18.7. The highest BCUT2D eigenvalue weighted by Gasteiger charge is 2.27. The molecule has 0 unspecified atom stereocenters. The maximum Gasteiger partial charge on any atom is 0.310 e. The Kier molecular flexibility index (Phi) is 5.88. The van der Waals surface area contributed by atoms with Crippen molar-refractivity contribution in [2.75, 3.05) is 19.7 Å². The van der Waals surface area contributed by atoms with Crippen molar-refractivity contribution >= 4 is 18.2 Å². The van der Waals surface area contributed by atoms with Crippen LogP contribution in [0, 0.1) is 24.5 Å². The van der Waals surface area contributed by atoms with Gasteiger partial charge in [-0.25, -0.2) is 4.68 Å². The molecule has 0 bridgehead atoms. The molecule has 1 fully saturated rings. The first-order valence-corrected chi connectivity index (χ1v) is 9.53. The van der Waals surface area contributed by atoms with Crippen molar-refractivity contribution in [3.63, 3.8) is 0 Å². The number of hydrogen-bond donors (Lipinski definition) is 0. The third kappa shape index (κ3) is 3.88. The van der Waals surface area contributed by atoms with E-state index in [0.717, 1.165) is 36.5 Å². The second kappa shape index (κ2) is 8.14. The molecule has 1 saturated heterocycles. The van der Waals surface area contributed by atoms with E-state index in [2.05, 4.69) is 29.1 Å². The minimum atomic E-state index is -0.0950. The Morgan fingerprint density at radius 3 is 2.85 bits per heavy atom. The van der Waals surface area contributed by atoms with Gasteiger partial charge in [0.2, 0.25) is 4.77 Å². The van der Waals surface area contributed by atoms with E-state index in [1.54, 1.807) is 0 Å². The summed E-state index contributed by atoms with van der Waals surface area (Å²) < 4.78 is 9.72. The number of carbonyl (C=O) groups excluding carboxylic acids is 1. The number of aromatic nitrogens is 3. The summed E-state index contributed by atoms with van der Waals surface area (Å²) >= 11 is 5.69. The fourth-order valence-electron chi connectivity index (χ4n) is 3.53. The van der Waals surface area contributed by atoms with E-state index in [4.69, 9.17) is 17.0 Å². The second-order valence-electron chi connectivity index (χ2n) is 6.76. The second-order valence-corrected chi connectivity index (χ2v) is 7.13. The van der Waals surface area contributed by atoms with Crippen molar-refractivity contribution in [3.8, 4) is 5.69 Å². The predicted molar refractivity (Wildman–Crippen MR) is 103 cm³/mol. The average molecular weight is 375 g/mol. The number of nitrogens with zero attached hydrogens (tertiary/aromatic N) is 4. The Morgan fingerprint density at radius 1 is 1.35 bits per heavy atom. The molecule has 26 heavy (non-hydrogen) atoms. The normalized spacial score (nSPS) is 18.0. The smallest absolute Gasteiger partial charge is 0.310 e. The quantitative estimate of drug-likeness (QED) is 0.594. The number of piperidine rings is 1. The molecule has 0 amide bonds. The number of ether oxygens (including phenoxy) is 1. The van der Waals surface area contributed by atoms with Gasteiger partial charge < -0.3 is 4.74 Å². The molecular weight excluding hydrogens is 348 g/mol. The molecule has 1 aromatic heterocycles. The predicted octanol–water partition coefficient (Wildman–Crippen LogP) is 3.25. The lowest BCUT2D eigenvalue weighted by Crippen LogP contribution is -2.40. The van der Waals surface area contributed by atoms with Gasteiger partial charge in [0.05, 0.1) is 24.9 Å². The molecule has 2 aromatic rings. The molecule has 0 saturated carbocycles. The summed E-state index contributed by atoms with van der Waals surface area (Å²) in [6.45, 7) is 8.54. The number of hydrogen-bond acceptors (Lipinski definition) is 5. The van der Waals surface area contributed by atoms with Crippen molar-refractivity contribution < 1.29 is 9.53 Å². The summed E-state index contributed by atoms with van der Waals surface area (Å²) in [4.78, 5) is 14.3. The largest absolute Gasteiger partial charge is 0.466 e. The summed E-state index contributed by atoms with van der Waals surface area (Å²) in [6.07, 6.45) is 1.87. The molecule has 1 aliphatic heterocycles. The van der Waals surface area contributed by atoms with Gasteiger partial charge in [0.15, 0.2) is 0 Å². The van der Waals surface area contributed by atoms with Crippen LogP contribution in [0.5, 0.6) is 0 Å². The Labute approximate surface area is 159 Å². The van der Waals surface area contributed by atoms with Gasteiger partial charge in [-0.15, -0.1) is 0 Å². The molecule has 3 rings (SSSR count). The van der Waals surface area contributed by atoms with Gasteiger partial charge in [0.1, 0.15) is 5.82 Å². The first kappa shape index (κ1) is 18.8. The van der Waals surface area contributed by atoms with Crippen LogP contribution in [0.2, 0.25) is 0 Å². The standard InChI is InChI=1S/C19H26N4O2S/c1-4-25-18(24)16-9-7-11-21(12-16)13-22-19(26)23(15(3)20-22)17-10-6-5-8-14(17)2/h5-6,8,10,16H,4,7,9,11-13H2,1-3H3/t16-/m1/s1. The van der Waals surface area contributed by atoms with E-state index in [0.29, 0.717) is 24.6 Å².